The van der Waals surface area contributed by atoms with Crippen molar-refractivity contribution in [2.45, 2.75) is 6.42 Å². The minimum absolute atomic E-state index is 0. The van der Waals surface area contributed by atoms with Gasteiger partial charge in [-0.1, -0.05) is 6.07 Å². The van der Waals surface area contributed by atoms with Gasteiger partial charge in [-0.05, 0) is 6.07 Å². The Morgan fingerprint density at radius 3 is 2.37 bits per heavy atom. The zero-order chi connectivity index (χ0) is 17.6. The monoisotopic (exact) mass is 419 g/mol. The molecule has 0 bridgehead atoms. The van der Waals surface area contributed by atoms with Gasteiger partial charge in [0, 0.05) is 83.1 Å². The molecule has 8 nitrogen and oxygen atoms in total. The highest BCUT2D eigenvalue weighted by Crippen LogP contribution is 2.22. The fourth-order valence-corrected chi connectivity index (χ4v) is 3.36. The Balaban J connectivity index is 0.00000182. The van der Waals surface area contributed by atoms with Gasteiger partial charge in [0.1, 0.15) is 0 Å². The van der Waals surface area contributed by atoms with Crippen LogP contribution in [0.15, 0.2) is 24.3 Å². The second kappa shape index (κ2) is 11.3. The number of nitro benzene ring substituents is 1. The Morgan fingerprint density at radius 2 is 1.74 bits per heavy atom. The number of amides is 1. The van der Waals surface area contributed by atoms with Gasteiger partial charge in [-0.15, -0.1) is 24.8 Å². The van der Waals surface area contributed by atoms with Crippen molar-refractivity contribution in [3.05, 3.63) is 34.4 Å². The maximum Gasteiger partial charge on any atom is 0.271 e. The molecular weight excluding hydrogens is 393 g/mol. The number of hydrogen-bond acceptors (Lipinski definition) is 6. The van der Waals surface area contributed by atoms with Crippen molar-refractivity contribution in [1.82, 2.24) is 15.1 Å². The second-order valence-electron chi connectivity index (χ2n) is 6.49. The number of carbonyl (C=O) groups excluding carboxylic acids is 1. The fourth-order valence-electron chi connectivity index (χ4n) is 3.36. The highest BCUT2D eigenvalue weighted by Gasteiger charge is 2.21. The molecule has 0 aliphatic carbocycles. The fraction of sp³-hybridized carbons (Fsp3) is 0.588. The Kier molecular flexibility index (Phi) is 9.79. The van der Waals surface area contributed by atoms with Gasteiger partial charge in [0.15, 0.2) is 0 Å². The van der Waals surface area contributed by atoms with Crippen LogP contribution < -0.4 is 10.2 Å². The molecule has 1 amide bonds. The van der Waals surface area contributed by atoms with Crippen LogP contribution in [-0.2, 0) is 4.79 Å². The number of piperazine rings is 2. The molecule has 1 N–H and O–H groups in total. The lowest BCUT2D eigenvalue weighted by Gasteiger charge is -2.36. The van der Waals surface area contributed by atoms with E-state index in [9.17, 15) is 14.9 Å². The standard InChI is InChI=1S/C17H25N5O3.2ClH/c23-17(21-8-5-18-6-9-21)4-7-19-10-12-20(13-11-19)15-2-1-3-16(14-15)22(24)25;;/h1-3,14,18H,4-13H2;2*1H. The zero-order valence-corrected chi connectivity index (χ0v) is 16.8. The normalized spacial score (nSPS) is 17.6. The number of nitro groups is 1. The molecule has 10 heteroatoms. The van der Waals surface area contributed by atoms with Crippen LogP contribution in [0.5, 0.6) is 0 Å². The molecular formula is C17H27Cl2N5O3. The van der Waals surface area contributed by atoms with E-state index in [4.69, 9.17) is 0 Å². The van der Waals surface area contributed by atoms with Crippen LogP contribution in [0.3, 0.4) is 0 Å². The van der Waals surface area contributed by atoms with E-state index >= 15 is 0 Å². The van der Waals surface area contributed by atoms with Crippen LogP contribution in [0.2, 0.25) is 0 Å². The lowest BCUT2D eigenvalue weighted by Crippen LogP contribution is -2.49. The molecule has 1 aromatic carbocycles. The summed E-state index contributed by atoms with van der Waals surface area (Å²) in [6.45, 7) is 7.55. The molecule has 0 saturated carbocycles. The summed E-state index contributed by atoms with van der Waals surface area (Å²) in [6, 6.07) is 6.79. The van der Waals surface area contributed by atoms with Crippen molar-refractivity contribution in [3.63, 3.8) is 0 Å². The molecule has 2 heterocycles. The Labute approximate surface area is 171 Å². The van der Waals surface area contributed by atoms with E-state index in [0.717, 1.165) is 64.6 Å². The molecule has 0 radical (unpaired) electrons. The number of carbonyl (C=O) groups is 1. The Morgan fingerprint density at radius 1 is 1.07 bits per heavy atom. The number of halogens is 2. The van der Waals surface area contributed by atoms with Crippen LogP contribution in [0.1, 0.15) is 6.42 Å². The summed E-state index contributed by atoms with van der Waals surface area (Å²) in [7, 11) is 0. The van der Waals surface area contributed by atoms with Gasteiger partial charge >= 0.3 is 0 Å². The van der Waals surface area contributed by atoms with Gasteiger partial charge in [0.05, 0.1) is 4.92 Å². The van der Waals surface area contributed by atoms with Crippen molar-refractivity contribution in [2.75, 3.05) is 63.8 Å². The van der Waals surface area contributed by atoms with E-state index in [1.807, 2.05) is 11.0 Å². The first-order valence-electron chi connectivity index (χ1n) is 8.84. The van der Waals surface area contributed by atoms with Crippen LogP contribution in [0.4, 0.5) is 11.4 Å². The molecule has 0 unspecified atom stereocenters. The second-order valence-corrected chi connectivity index (χ2v) is 6.49. The average molecular weight is 420 g/mol. The van der Waals surface area contributed by atoms with Crippen LogP contribution in [-0.4, -0.2) is 79.5 Å². The molecule has 0 spiro atoms. The first-order chi connectivity index (χ1) is 12.1. The van der Waals surface area contributed by atoms with Crippen molar-refractivity contribution in [3.8, 4) is 0 Å². The highest BCUT2D eigenvalue weighted by atomic mass is 35.5. The lowest BCUT2D eigenvalue weighted by molar-refractivity contribution is -0.384. The van der Waals surface area contributed by atoms with E-state index in [1.54, 1.807) is 12.1 Å². The summed E-state index contributed by atoms with van der Waals surface area (Å²) in [5.74, 6) is 0.239. The average Bonchev–Trinajstić information content (AvgIpc) is 2.67. The summed E-state index contributed by atoms with van der Waals surface area (Å²) in [6.07, 6.45) is 0.566. The first kappa shape index (κ1) is 23.4. The minimum Gasteiger partial charge on any atom is -0.369 e. The summed E-state index contributed by atoms with van der Waals surface area (Å²) in [5, 5.41) is 14.2. The third kappa shape index (κ3) is 6.49. The largest absolute Gasteiger partial charge is 0.369 e. The van der Waals surface area contributed by atoms with Gasteiger partial charge in [0.25, 0.3) is 5.69 Å². The van der Waals surface area contributed by atoms with Gasteiger partial charge < -0.3 is 15.1 Å². The molecule has 0 aromatic heterocycles. The zero-order valence-electron chi connectivity index (χ0n) is 15.2. The van der Waals surface area contributed by atoms with Crippen molar-refractivity contribution in [1.29, 1.82) is 0 Å². The van der Waals surface area contributed by atoms with Gasteiger partial charge in [-0.3, -0.25) is 19.8 Å². The third-order valence-electron chi connectivity index (χ3n) is 4.89. The predicted molar refractivity (Wildman–Crippen MR) is 110 cm³/mol. The number of nitrogens with zero attached hydrogens (tertiary/aromatic N) is 4. The smallest absolute Gasteiger partial charge is 0.271 e. The van der Waals surface area contributed by atoms with E-state index < -0.39 is 0 Å². The van der Waals surface area contributed by atoms with E-state index in [2.05, 4.69) is 15.1 Å². The van der Waals surface area contributed by atoms with Gasteiger partial charge in [0.2, 0.25) is 5.91 Å². The number of anilines is 1. The Hall–Kier alpha value is -1.61. The van der Waals surface area contributed by atoms with Crippen LogP contribution in [0, 0.1) is 10.1 Å². The lowest BCUT2D eigenvalue weighted by atomic mass is 10.2. The topological polar surface area (TPSA) is 82.0 Å². The maximum atomic E-state index is 12.2. The third-order valence-corrected chi connectivity index (χ3v) is 4.89. The molecule has 2 fully saturated rings. The van der Waals surface area contributed by atoms with Gasteiger partial charge in [-0.25, -0.2) is 0 Å². The number of hydrogen-bond donors (Lipinski definition) is 1. The number of rotatable bonds is 5. The van der Waals surface area contributed by atoms with Crippen molar-refractivity contribution < 1.29 is 9.72 Å². The van der Waals surface area contributed by atoms with E-state index in [1.165, 1.54) is 6.07 Å². The summed E-state index contributed by atoms with van der Waals surface area (Å²) >= 11 is 0. The van der Waals surface area contributed by atoms with Crippen molar-refractivity contribution >= 4 is 42.1 Å². The SMILES string of the molecule is Cl.Cl.O=C(CCN1CCN(c2cccc([N+](=O)[O-])c2)CC1)N1CCNCC1. The molecule has 27 heavy (non-hydrogen) atoms. The molecule has 1 aromatic rings. The molecule has 2 aliphatic heterocycles. The van der Waals surface area contributed by atoms with E-state index in [0.29, 0.717) is 6.42 Å². The predicted octanol–water partition coefficient (Wildman–Crippen LogP) is 1.38. The Bertz CT molecular complexity index is 620. The molecule has 152 valence electrons. The van der Waals surface area contributed by atoms with E-state index in [-0.39, 0.29) is 41.3 Å². The molecule has 2 aliphatic rings. The number of benzene rings is 1. The van der Waals surface area contributed by atoms with Crippen molar-refractivity contribution in [2.24, 2.45) is 0 Å². The summed E-state index contributed by atoms with van der Waals surface area (Å²) in [5.41, 5.74) is 1.02. The van der Waals surface area contributed by atoms with Crippen LogP contribution >= 0.6 is 24.8 Å². The number of nitrogens with one attached hydrogen (secondary N) is 1. The van der Waals surface area contributed by atoms with Crippen LogP contribution in [0.25, 0.3) is 0 Å². The quantitative estimate of drug-likeness (QED) is 0.573. The molecule has 2 saturated heterocycles. The molecule has 3 rings (SSSR count). The number of non-ortho nitro benzene ring substituents is 1. The first-order valence-corrected chi connectivity index (χ1v) is 8.84. The summed E-state index contributed by atoms with van der Waals surface area (Å²) < 4.78 is 0. The van der Waals surface area contributed by atoms with Gasteiger partial charge in [-0.2, -0.15) is 0 Å². The maximum absolute atomic E-state index is 12.2. The highest BCUT2D eigenvalue weighted by molar-refractivity contribution is 5.85. The molecule has 0 atom stereocenters. The summed E-state index contributed by atoms with van der Waals surface area (Å²) in [4.78, 5) is 29.2. The minimum atomic E-state index is -0.360.